The topological polar surface area (TPSA) is 105 Å². The first-order valence-electron chi connectivity index (χ1n) is 10.3. The zero-order valence-corrected chi connectivity index (χ0v) is 17.3. The Hall–Kier alpha value is -3.70. The van der Waals surface area contributed by atoms with Gasteiger partial charge in [0.25, 0.3) is 5.91 Å². The molecule has 158 valence electrons. The SMILES string of the molecule is CC(NC(=O)c1n[nH]c2ccccc12)C(=O)N1CCN(Cc2ccccc2)C(C#N)C1. The van der Waals surface area contributed by atoms with Crippen molar-refractivity contribution in [3.8, 4) is 6.07 Å². The summed E-state index contributed by atoms with van der Waals surface area (Å²) in [4.78, 5) is 29.4. The van der Waals surface area contributed by atoms with Crippen LogP contribution in [0.15, 0.2) is 54.6 Å². The zero-order chi connectivity index (χ0) is 21.8. The number of nitrogens with one attached hydrogen (secondary N) is 2. The van der Waals surface area contributed by atoms with E-state index in [4.69, 9.17) is 0 Å². The molecule has 1 aliphatic rings. The number of nitrogens with zero attached hydrogens (tertiary/aromatic N) is 4. The number of amides is 2. The number of hydrogen-bond acceptors (Lipinski definition) is 5. The number of carbonyl (C=O) groups is 2. The second-order valence-corrected chi connectivity index (χ2v) is 7.70. The Kier molecular flexibility index (Phi) is 5.96. The molecule has 0 radical (unpaired) electrons. The van der Waals surface area contributed by atoms with Crippen molar-refractivity contribution in [3.05, 3.63) is 65.9 Å². The third-order valence-corrected chi connectivity index (χ3v) is 5.58. The van der Waals surface area contributed by atoms with Crippen LogP contribution >= 0.6 is 0 Å². The number of carbonyl (C=O) groups excluding carboxylic acids is 2. The first kappa shape index (κ1) is 20.6. The molecule has 1 aromatic heterocycles. The summed E-state index contributed by atoms with van der Waals surface area (Å²) in [6.07, 6.45) is 0. The maximum atomic E-state index is 12.9. The minimum atomic E-state index is -0.719. The number of aromatic amines is 1. The Balaban J connectivity index is 1.38. The molecule has 2 heterocycles. The summed E-state index contributed by atoms with van der Waals surface area (Å²) in [6, 6.07) is 18.5. The summed E-state index contributed by atoms with van der Waals surface area (Å²) in [6.45, 7) is 3.75. The molecule has 8 nitrogen and oxygen atoms in total. The van der Waals surface area contributed by atoms with Gasteiger partial charge in [-0.05, 0) is 18.6 Å². The van der Waals surface area contributed by atoms with Crippen LogP contribution in [0.2, 0.25) is 0 Å². The number of hydrogen-bond donors (Lipinski definition) is 2. The van der Waals surface area contributed by atoms with Gasteiger partial charge in [-0.15, -0.1) is 0 Å². The molecule has 2 N–H and O–H groups in total. The lowest BCUT2D eigenvalue weighted by atomic mass is 10.1. The van der Waals surface area contributed by atoms with E-state index in [2.05, 4.69) is 26.5 Å². The minimum Gasteiger partial charge on any atom is -0.339 e. The van der Waals surface area contributed by atoms with Crippen molar-refractivity contribution in [1.82, 2.24) is 25.3 Å². The molecule has 2 aromatic carbocycles. The van der Waals surface area contributed by atoms with Gasteiger partial charge in [0.1, 0.15) is 12.1 Å². The van der Waals surface area contributed by atoms with Crippen molar-refractivity contribution in [1.29, 1.82) is 5.26 Å². The summed E-state index contributed by atoms with van der Waals surface area (Å²) >= 11 is 0. The molecule has 8 heteroatoms. The average Bonchev–Trinajstić information content (AvgIpc) is 3.24. The molecule has 2 unspecified atom stereocenters. The van der Waals surface area contributed by atoms with E-state index in [9.17, 15) is 14.9 Å². The highest BCUT2D eigenvalue weighted by Gasteiger charge is 2.32. The van der Waals surface area contributed by atoms with Gasteiger partial charge < -0.3 is 10.2 Å². The molecule has 0 bridgehead atoms. The Morgan fingerprint density at radius 2 is 1.94 bits per heavy atom. The molecule has 0 saturated carbocycles. The zero-order valence-electron chi connectivity index (χ0n) is 17.3. The van der Waals surface area contributed by atoms with Gasteiger partial charge in [0.15, 0.2) is 5.69 Å². The molecule has 2 amide bonds. The number of fused-ring (bicyclic) bond motifs is 1. The lowest BCUT2D eigenvalue weighted by Crippen LogP contribution is -2.57. The van der Waals surface area contributed by atoms with Crippen molar-refractivity contribution in [2.75, 3.05) is 19.6 Å². The smallest absolute Gasteiger partial charge is 0.273 e. The normalized spacial score (nSPS) is 17.8. The van der Waals surface area contributed by atoms with Crippen LogP contribution in [-0.2, 0) is 11.3 Å². The number of benzene rings is 2. The molecule has 0 spiro atoms. The predicted molar refractivity (Wildman–Crippen MR) is 116 cm³/mol. The van der Waals surface area contributed by atoms with Crippen LogP contribution in [0, 0.1) is 11.3 Å². The number of para-hydroxylation sites is 1. The van der Waals surface area contributed by atoms with E-state index in [1.807, 2.05) is 54.6 Å². The van der Waals surface area contributed by atoms with E-state index >= 15 is 0 Å². The monoisotopic (exact) mass is 416 g/mol. The van der Waals surface area contributed by atoms with E-state index in [1.54, 1.807) is 11.8 Å². The summed E-state index contributed by atoms with van der Waals surface area (Å²) in [5.41, 5.74) is 2.16. The van der Waals surface area contributed by atoms with Gasteiger partial charge in [-0.2, -0.15) is 10.4 Å². The second kappa shape index (κ2) is 8.98. The molecule has 0 aliphatic carbocycles. The second-order valence-electron chi connectivity index (χ2n) is 7.70. The molecule has 1 fully saturated rings. The van der Waals surface area contributed by atoms with Crippen LogP contribution in [0.5, 0.6) is 0 Å². The average molecular weight is 416 g/mol. The standard InChI is InChI=1S/C23H24N6O2/c1-16(25-22(30)21-19-9-5-6-10-20(19)26-27-21)23(31)29-12-11-28(18(13-24)15-29)14-17-7-3-2-4-8-17/h2-10,16,18H,11-12,14-15H2,1H3,(H,25,30)(H,26,27). The Morgan fingerprint density at radius 1 is 1.19 bits per heavy atom. The van der Waals surface area contributed by atoms with Gasteiger partial charge >= 0.3 is 0 Å². The van der Waals surface area contributed by atoms with Crippen LogP contribution in [0.4, 0.5) is 0 Å². The van der Waals surface area contributed by atoms with Crippen LogP contribution in [0.1, 0.15) is 23.0 Å². The predicted octanol–water partition coefficient (Wildman–Crippen LogP) is 1.92. The van der Waals surface area contributed by atoms with Gasteiger partial charge in [0.2, 0.25) is 5.91 Å². The van der Waals surface area contributed by atoms with E-state index in [-0.39, 0.29) is 11.6 Å². The third kappa shape index (κ3) is 4.42. The van der Waals surface area contributed by atoms with Crippen molar-refractivity contribution < 1.29 is 9.59 Å². The van der Waals surface area contributed by atoms with E-state index < -0.39 is 18.0 Å². The molecular weight excluding hydrogens is 392 g/mol. The van der Waals surface area contributed by atoms with Crippen LogP contribution in [-0.4, -0.2) is 63.5 Å². The lowest BCUT2D eigenvalue weighted by Gasteiger charge is -2.39. The summed E-state index contributed by atoms with van der Waals surface area (Å²) < 4.78 is 0. The van der Waals surface area contributed by atoms with Gasteiger partial charge in [-0.1, -0.05) is 48.5 Å². The fourth-order valence-electron chi connectivity index (χ4n) is 3.89. The van der Waals surface area contributed by atoms with Crippen molar-refractivity contribution >= 4 is 22.7 Å². The number of rotatable bonds is 5. The highest BCUT2D eigenvalue weighted by atomic mass is 16.2. The Labute approximate surface area is 180 Å². The summed E-state index contributed by atoms with van der Waals surface area (Å²) in [5, 5.41) is 20.0. The van der Waals surface area contributed by atoms with Gasteiger partial charge in [-0.3, -0.25) is 19.6 Å². The maximum absolute atomic E-state index is 12.9. The van der Waals surface area contributed by atoms with Crippen molar-refractivity contribution in [2.45, 2.75) is 25.6 Å². The Bertz CT molecular complexity index is 1120. The third-order valence-electron chi connectivity index (χ3n) is 5.58. The van der Waals surface area contributed by atoms with E-state index in [1.165, 1.54) is 0 Å². The highest BCUT2D eigenvalue weighted by molar-refractivity contribution is 6.05. The fraction of sp³-hybridized carbons (Fsp3) is 0.304. The first-order chi connectivity index (χ1) is 15.1. The molecule has 2 atom stereocenters. The number of H-pyrrole nitrogens is 1. The molecule has 31 heavy (non-hydrogen) atoms. The van der Waals surface area contributed by atoms with Crippen LogP contribution in [0.3, 0.4) is 0 Å². The quantitative estimate of drug-likeness (QED) is 0.661. The Morgan fingerprint density at radius 3 is 2.71 bits per heavy atom. The van der Waals surface area contributed by atoms with Crippen molar-refractivity contribution in [3.63, 3.8) is 0 Å². The molecular formula is C23H24N6O2. The van der Waals surface area contributed by atoms with Crippen LogP contribution < -0.4 is 5.32 Å². The lowest BCUT2D eigenvalue weighted by molar-refractivity contribution is -0.135. The number of aromatic nitrogens is 2. The summed E-state index contributed by atoms with van der Waals surface area (Å²) in [5.74, 6) is -0.606. The minimum absolute atomic E-state index is 0.201. The first-order valence-corrected chi connectivity index (χ1v) is 10.3. The summed E-state index contributed by atoms with van der Waals surface area (Å²) in [7, 11) is 0. The van der Waals surface area contributed by atoms with Gasteiger partial charge in [-0.25, -0.2) is 0 Å². The number of piperazine rings is 1. The van der Waals surface area contributed by atoms with E-state index in [0.29, 0.717) is 31.6 Å². The largest absolute Gasteiger partial charge is 0.339 e. The van der Waals surface area contributed by atoms with Crippen molar-refractivity contribution in [2.24, 2.45) is 0 Å². The van der Waals surface area contributed by atoms with Crippen LogP contribution in [0.25, 0.3) is 10.9 Å². The molecule has 1 saturated heterocycles. The fourth-order valence-corrected chi connectivity index (χ4v) is 3.89. The maximum Gasteiger partial charge on any atom is 0.273 e. The van der Waals surface area contributed by atoms with Gasteiger partial charge in [0.05, 0.1) is 11.6 Å². The number of nitriles is 1. The highest BCUT2D eigenvalue weighted by Crippen LogP contribution is 2.17. The molecule has 1 aliphatic heterocycles. The molecule has 4 rings (SSSR count). The van der Waals surface area contributed by atoms with Gasteiger partial charge in [0, 0.05) is 31.6 Å². The molecule has 3 aromatic rings. The van der Waals surface area contributed by atoms with E-state index in [0.717, 1.165) is 11.1 Å².